The molecular weight excluding hydrogens is 244 g/mol. The van der Waals surface area contributed by atoms with Gasteiger partial charge >= 0.3 is 6.09 Å². The summed E-state index contributed by atoms with van der Waals surface area (Å²) in [5, 5.41) is 0. The number of anilines is 2. The number of nitrogens with two attached hydrogens (primary N) is 1. The van der Waals surface area contributed by atoms with Crippen LogP contribution < -0.4 is 15.4 Å². The summed E-state index contributed by atoms with van der Waals surface area (Å²) < 4.78 is 11.7. The van der Waals surface area contributed by atoms with E-state index in [2.05, 4.69) is 6.92 Å². The largest absolute Gasteiger partial charge is 0.483 e. The molecule has 3 aliphatic rings. The lowest BCUT2D eigenvalue weighted by Gasteiger charge is -2.48. The highest BCUT2D eigenvalue weighted by Gasteiger charge is 2.69. The SMILES string of the molecule is CC12CCC3OC(=O)N(c4cc(N)ccc4O1)C32C. The number of hydrogen-bond donors (Lipinski definition) is 1. The van der Waals surface area contributed by atoms with E-state index in [9.17, 15) is 4.79 Å². The molecule has 4 rings (SSSR count). The molecule has 5 nitrogen and oxygen atoms in total. The molecule has 0 aromatic heterocycles. The van der Waals surface area contributed by atoms with Crippen molar-refractivity contribution in [3.63, 3.8) is 0 Å². The molecule has 1 aliphatic carbocycles. The summed E-state index contributed by atoms with van der Waals surface area (Å²) in [5.41, 5.74) is 6.31. The molecule has 0 radical (unpaired) electrons. The molecular formula is C14H16N2O3. The molecule has 2 N–H and O–H groups in total. The second-order valence-electron chi connectivity index (χ2n) is 5.95. The Balaban J connectivity index is 2.00. The molecule has 3 unspecified atom stereocenters. The van der Waals surface area contributed by atoms with Gasteiger partial charge in [0, 0.05) is 5.69 Å². The fourth-order valence-corrected chi connectivity index (χ4v) is 3.74. The van der Waals surface area contributed by atoms with Gasteiger partial charge in [0.1, 0.15) is 23.0 Å². The van der Waals surface area contributed by atoms with Crippen LogP contribution in [0.2, 0.25) is 0 Å². The number of nitrogen functional groups attached to an aromatic ring is 1. The van der Waals surface area contributed by atoms with Crippen LogP contribution in [-0.2, 0) is 4.74 Å². The van der Waals surface area contributed by atoms with Crippen molar-refractivity contribution in [3.05, 3.63) is 18.2 Å². The molecule has 2 heterocycles. The van der Waals surface area contributed by atoms with E-state index in [1.165, 1.54) is 0 Å². The number of nitrogens with zero attached hydrogens (tertiary/aromatic N) is 1. The minimum atomic E-state index is -0.453. The Hall–Kier alpha value is -1.91. The molecule has 5 heteroatoms. The van der Waals surface area contributed by atoms with Crippen LogP contribution in [0.15, 0.2) is 18.2 Å². The maximum absolute atomic E-state index is 12.2. The van der Waals surface area contributed by atoms with Gasteiger partial charge in [-0.05, 0) is 44.9 Å². The fraction of sp³-hybridized carbons (Fsp3) is 0.500. The van der Waals surface area contributed by atoms with Crippen molar-refractivity contribution in [2.24, 2.45) is 0 Å². The Labute approximate surface area is 111 Å². The van der Waals surface area contributed by atoms with Crippen LogP contribution in [0.3, 0.4) is 0 Å². The van der Waals surface area contributed by atoms with E-state index in [0.29, 0.717) is 11.4 Å². The highest BCUT2D eigenvalue weighted by Crippen LogP contribution is 2.57. The summed E-state index contributed by atoms with van der Waals surface area (Å²) in [7, 11) is 0. The van der Waals surface area contributed by atoms with Gasteiger partial charge in [-0.25, -0.2) is 4.79 Å². The maximum atomic E-state index is 12.2. The number of rotatable bonds is 0. The number of amides is 1. The summed E-state index contributed by atoms with van der Waals surface area (Å²) in [5.74, 6) is 0.702. The highest BCUT2D eigenvalue weighted by molar-refractivity contribution is 5.96. The van der Waals surface area contributed by atoms with Crippen LogP contribution in [0, 0.1) is 0 Å². The highest BCUT2D eigenvalue weighted by atomic mass is 16.6. The molecule has 19 heavy (non-hydrogen) atoms. The Bertz CT molecular complexity index is 602. The summed E-state index contributed by atoms with van der Waals surface area (Å²) in [4.78, 5) is 14.0. The molecule has 1 aromatic rings. The van der Waals surface area contributed by atoms with Crippen LogP contribution in [0.25, 0.3) is 0 Å². The van der Waals surface area contributed by atoms with E-state index in [1.807, 2.05) is 13.0 Å². The third-order valence-electron chi connectivity index (χ3n) is 5.03. The number of ether oxygens (including phenoxy) is 2. The Morgan fingerprint density at radius 2 is 2.21 bits per heavy atom. The zero-order chi connectivity index (χ0) is 13.4. The van der Waals surface area contributed by atoms with Gasteiger partial charge in [-0.3, -0.25) is 4.90 Å². The van der Waals surface area contributed by atoms with E-state index in [1.54, 1.807) is 17.0 Å². The van der Waals surface area contributed by atoms with Crippen LogP contribution in [0.1, 0.15) is 26.7 Å². The minimum absolute atomic E-state index is 0.111. The zero-order valence-electron chi connectivity index (χ0n) is 11.0. The molecule has 1 saturated heterocycles. The third-order valence-corrected chi connectivity index (χ3v) is 5.03. The van der Waals surface area contributed by atoms with Gasteiger partial charge < -0.3 is 15.2 Å². The second-order valence-corrected chi connectivity index (χ2v) is 5.95. The Kier molecular flexibility index (Phi) is 1.72. The van der Waals surface area contributed by atoms with Crippen molar-refractivity contribution in [3.8, 4) is 5.75 Å². The molecule has 1 saturated carbocycles. The fourth-order valence-electron chi connectivity index (χ4n) is 3.74. The molecule has 100 valence electrons. The average Bonchev–Trinajstić information content (AvgIpc) is 2.75. The van der Waals surface area contributed by atoms with E-state index in [4.69, 9.17) is 15.2 Å². The van der Waals surface area contributed by atoms with Crippen molar-refractivity contribution in [2.75, 3.05) is 10.6 Å². The van der Waals surface area contributed by atoms with Crippen molar-refractivity contribution in [2.45, 2.75) is 43.9 Å². The standard InChI is InChI=1S/C14H16N2O3/c1-13-6-5-11-14(13,2)16(12(17)18-11)9-7-8(15)3-4-10(9)19-13/h3-4,7,11H,5-6,15H2,1-2H3. The van der Waals surface area contributed by atoms with Gasteiger partial charge in [-0.1, -0.05) is 0 Å². The second kappa shape index (κ2) is 2.98. The van der Waals surface area contributed by atoms with E-state index >= 15 is 0 Å². The lowest BCUT2D eigenvalue weighted by molar-refractivity contribution is 0.0132. The minimum Gasteiger partial charge on any atom is -0.483 e. The van der Waals surface area contributed by atoms with Gasteiger partial charge in [-0.15, -0.1) is 0 Å². The topological polar surface area (TPSA) is 64.8 Å². The number of carbonyl (C=O) groups is 1. The Morgan fingerprint density at radius 3 is 3.00 bits per heavy atom. The number of carbonyl (C=O) groups excluding carboxylic acids is 1. The molecule has 1 amide bonds. The van der Waals surface area contributed by atoms with Crippen LogP contribution in [0.4, 0.5) is 16.2 Å². The molecule has 3 atom stereocenters. The molecule has 0 spiro atoms. The van der Waals surface area contributed by atoms with Crippen molar-refractivity contribution < 1.29 is 14.3 Å². The average molecular weight is 260 g/mol. The zero-order valence-corrected chi connectivity index (χ0v) is 11.0. The van der Waals surface area contributed by atoms with Crippen molar-refractivity contribution >= 4 is 17.5 Å². The van der Waals surface area contributed by atoms with Crippen LogP contribution >= 0.6 is 0 Å². The first-order valence-electron chi connectivity index (χ1n) is 6.55. The normalized spacial score (nSPS) is 38.5. The first-order chi connectivity index (χ1) is 8.96. The predicted molar refractivity (Wildman–Crippen MR) is 70.3 cm³/mol. The molecule has 2 aliphatic heterocycles. The van der Waals surface area contributed by atoms with Gasteiger partial charge in [0.25, 0.3) is 0 Å². The van der Waals surface area contributed by atoms with Crippen LogP contribution in [0.5, 0.6) is 5.75 Å². The van der Waals surface area contributed by atoms with Gasteiger partial charge in [0.2, 0.25) is 0 Å². The Morgan fingerprint density at radius 1 is 1.42 bits per heavy atom. The third kappa shape index (κ3) is 1.05. The first-order valence-corrected chi connectivity index (χ1v) is 6.55. The predicted octanol–water partition coefficient (Wildman–Crippen LogP) is 2.30. The van der Waals surface area contributed by atoms with E-state index in [-0.39, 0.29) is 12.2 Å². The lowest BCUT2D eigenvalue weighted by atomic mass is 9.81. The lowest BCUT2D eigenvalue weighted by Crippen LogP contribution is -2.64. The van der Waals surface area contributed by atoms with E-state index < -0.39 is 11.1 Å². The maximum Gasteiger partial charge on any atom is 0.415 e. The summed E-state index contributed by atoms with van der Waals surface area (Å²) in [6.45, 7) is 4.10. The summed E-state index contributed by atoms with van der Waals surface area (Å²) in [6.07, 6.45) is 1.30. The quantitative estimate of drug-likeness (QED) is 0.727. The molecule has 1 aromatic carbocycles. The van der Waals surface area contributed by atoms with Gasteiger partial charge in [0.05, 0.1) is 5.69 Å². The molecule has 2 fully saturated rings. The smallest absolute Gasteiger partial charge is 0.415 e. The summed E-state index contributed by atoms with van der Waals surface area (Å²) in [6, 6.07) is 5.40. The monoisotopic (exact) mass is 260 g/mol. The molecule has 0 bridgehead atoms. The van der Waals surface area contributed by atoms with Crippen LogP contribution in [-0.4, -0.2) is 23.3 Å². The van der Waals surface area contributed by atoms with Gasteiger partial charge in [-0.2, -0.15) is 0 Å². The van der Waals surface area contributed by atoms with E-state index in [0.717, 1.165) is 18.5 Å². The van der Waals surface area contributed by atoms with Gasteiger partial charge in [0.15, 0.2) is 0 Å². The van der Waals surface area contributed by atoms with Crippen molar-refractivity contribution in [1.29, 1.82) is 0 Å². The van der Waals surface area contributed by atoms with Crippen molar-refractivity contribution in [1.82, 2.24) is 0 Å². The number of fused-ring (bicyclic) bond motifs is 2. The number of benzene rings is 1. The number of hydrogen-bond acceptors (Lipinski definition) is 4. The summed E-state index contributed by atoms with van der Waals surface area (Å²) >= 11 is 0. The first kappa shape index (κ1) is 11.0.